The van der Waals surface area contributed by atoms with Crippen LogP contribution in [0.15, 0.2) is 5.16 Å². The van der Waals surface area contributed by atoms with Crippen molar-refractivity contribution in [2.75, 3.05) is 13.2 Å². The highest BCUT2D eigenvalue weighted by Gasteiger charge is 2.62. The Bertz CT molecular complexity index is 669. The van der Waals surface area contributed by atoms with E-state index in [4.69, 9.17) is 10.6 Å². The molecule has 0 aromatic rings. The fourth-order valence-corrected chi connectivity index (χ4v) is 7.45. The van der Waals surface area contributed by atoms with Crippen LogP contribution in [-0.2, 0) is 14.4 Å². The second-order valence-corrected chi connectivity index (χ2v) is 10.3. The monoisotopic (exact) mass is 424 g/mol. The van der Waals surface area contributed by atoms with Crippen LogP contribution in [0.1, 0.15) is 71.6 Å². The van der Waals surface area contributed by atoms with Gasteiger partial charge in [0.1, 0.15) is 18.2 Å². The molecule has 0 heterocycles. The topological polar surface area (TPSA) is 81.8 Å². The van der Waals surface area contributed by atoms with Crippen LogP contribution in [0, 0.1) is 40.4 Å². The first-order valence-corrected chi connectivity index (χ1v) is 11.3. The third kappa shape index (κ3) is 3.78. The molecule has 0 spiro atoms. The SMILES string of the molecule is C[C@]12CCC(C/C=N/OCCN)CC1C(=O)C[C@@H]1[C@H]2CC[C@]2(C)C(=O)CC[C@@H]12.Cl. The standard InChI is InChI=1S/C23H36N2O3.ClH/c1-22-8-5-15(7-11-25-28-12-10-24)13-19(22)20(26)14-16-17-3-4-21(27)23(17,2)9-6-18(16)22;/h11,15-19H,3-10,12-14,24H2,1-2H3;1H/b25-11+;/t15?,16-,17-,18+,19?,22+,23-;/m0./s1. The molecule has 0 amide bonds. The maximum Gasteiger partial charge on any atom is 0.139 e. The summed E-state index contributed by atoms with van der Waals surface area (Å²) in [4.78, 5) is 30.9. The van der Waals surface area contributed by atoms with Gasteiger partial charge in [0, 0.05) is 36.9 Å². The second kappa shape index (κ2) is 8.66. The number of nitrogens with zero attached hydrogens (tertiary/aromatic N) is 1. The second-order valence-electron chi connectivity index (χ2n) is 10.3. The first kappa shape index (κ1) is 22.7. The minimum absolute atomic E-state index is 0. The van der Waals surface area contributed by atoms with Crippen LogP contribution in [0.2, 0.25) is 0 Å². The van der Waals surface area contributed by atoms with Crippen molar-refractivity contribution in [2.45, 2.75) is 71.6 Å². The third-order valence-electron chi connectivity index (χ3n) is 9.07. The highest BCUT2D eigenvalue weighted by molar-refractivity contribution is 5.88. The van der Waals surface area contributed by atoms with Crippen LogP contribution in [0.5, 0.6) is 0 Å². The molecule has 4 rings (SSSR count). The van der Waals surface area contributed by atoms with E-state index in [9.17, 15) is 9.59 Å². The molecule has 4 aliphatic rings. The summed E-state index contributed by atoms with van der Waals surface area (Å²) in [5.41, 5.74) is 5.37. The van der Waals surface area contributed by atoms with E-state index in [1.54, 1.807) is 0 Å². The minimum atomic E-state index is -0.151. The molecule has 6 heteroatoms. The van der Waals surface area contributed by atoms with Crippen molar-refractivity contribution >= 4 is 30.2 Å². The molecule has 0 saturated heterocycles. The minimum Gasteiger partial charge on any atom is -0.395 e. The molecule has 164 valence electrons. The molecule has 5 nitrogen and oxygen atoms in total. The molecule has 2 N–H and O–H groups in total. The molecule has 7 atom stereocenters. The molecule has 4 fully saturated rings. The van der Waals surface area contributed by atoms with E-state index in [0.717, 1.165) is 51.4 Å². The van der Waals surface area contributed by atoms with E-state index in [1.165, 1.54) is 0 Å². The van der Waals surface area contributed by atoms with Gasteiger partial charge >= 0.3 is 0 Å². The molecule has 4 saturated carbocycles. The van der Waals surface area contributed by atoms with Gasteiger partial charge in [0.25, 0.3) is 0 Å². The summed E-state index contributed by atoms with van der Waals surface area (Å²) in [5, 5.41) is 3.99. The zero-order chi connectivity index (χ0) is 19.9. The molecule has 0 aromatic heterocycles. The summed E-state index contributed by atoms with van der Waals surface area (Å²) in [7, 11) is 0. The van der Waals surface area contributed by atoms with Crippen molar-refractivity contribution in [3.63, 3.8) is 0 Å². The Kier molecular flexibility index (Phi) is 6.79. The summed E-state index contributed by atoms with van der Waals surface area (Å²) in [6, 6.07) is 0. The van der Waals surface area contributed by atoms with Gasteiger partial charge in [0.2, 0.25) is 0 Å². The van der Waals surface area contributed by atoms with Crippen LogP contribution < -0.4 is 5.73 Å². The number of halogens is 1. The van der Waals surface area contributed by atoms with Crippen LogP contribution in [0.3, 0.4) is 0 Å². The van der Waals surface area contributed by atoms with Gasteiger partial charge in [-0.3, -0.25) is 9.59 Å². The molecule has 2 unspecified atom stereocenters. The van der Waals surface area contributed by atoms with Gasteiger partial charge in [-0.25, -0.2) is 0 Å². The number of hydrogen-bond acceptors (Lipinski definition) is 5. The number of ketones is 2. The lowest BCUT2D eigenvalue weighted by atomic mass is 9.44. The predicted molar refractivity (Wildman–Crippen MR) is 116 cm³/mol. The fraction of sp³-hybridized carbons (Fsp3) is 0.870. The molecular weight excluding hydrogens is 388 g/mol. The van der Waals surface area contributed by atoms with Gasteiger partial charge in [0.15, 0.2) is 0 Å². The Hall–Kier alpha value is -0.940. The van der Waals surface area contributed by atoms with E-state index < -0.39 is 0 Å². The lowest BCUT2D eigenvalue weighted by Gasteiger charge is -2.59. The fourth-order valence-electron chi connectivity index (χ4n) is 7.45. The van der Waals surface area contributed by atoms with Crippen molar-refractivity contribution in [1.29, 1.82) is 0 Å². The Labute approximate surface area is 181 Å². The first-order valence-electron chi connectivity index (χ1n) is 11.3. The van der Waals surface area contributed by atoms with E-state index in [1.807, 2.05) is 6.21 Å². The van der Waals surface area contributed by atoms with E-state index in [0.29, 0.717) is 54.8 Å². The Balaban J connectivity index is 0.00000240. The first-order chi connectivity index (χ1) is 13.4. The van der Waals surface area contributed by atoms with Crippen molar-refractivity contribution < 1.29 is 14.4 Å². The Morgan fingerprint density at radius 1 is 1.17 bits per heavy atom. The van der Waals surface area contributed by atoms with Crippen LogP contribution in [-0.4, -0.2) is 30.9 Å². The van der Waals surface area contributed by atoms with Crippen molar-refractivity contribution in [3.8, 4) is 0 Å². The molecule has 0 aromatic carbocycles. The summed E-state index contributed by atoms with van der Waals surface area (Å²) in [6.07, 6.45) is 10.6. The maximum absolute atomic E-state index is 13.3. The van der Waals surface area contributed by atoms with Gasteiger partial charge in [-0.1, -0.05) is 19.0 Å². The van der Waals surface area contributed by atoms with Crippen molar-refractivity contribution in [1.82, 2.24) is 0 Å². The van der Waals surface area contributed by atoms with Gasteiger partial charge in [-0.15, -0.1) is 12.4 Å². The zero-order valence-corrected chi connectivity index (χ0v) is 18.7. The molecule has 0 aliphatic heterocycles. The summed E-state index contributed by atoms with van der Waals surface area (Å²) >= 11 is 0. The summed E-state index contributed by atoms with van der Waals surface area (Å²) < 4.78 is 0. The average molecular weight is 425 g/mol. The number of Topliss-reactive ketones (excluding diaryl/α,β-unsaturated/α-hetero) is 2. The van der Waals surface area contributed by atoms with E-state index in [2.05, 4.69) is 19.0 Å². The van der Waals surface area contributed by atoms with Crippen LogP contribution in [0.25, 0.3) is 0 Å². The molecule has 4 aliphatic carbocycles. The molecule has 0 bridgehead atoms. The number of fused-ring (bicyclic) bond motifs is 5. The number of carbonyl (C=O) groups is 2. The van der Waals surface area contributed by atoms with Crippen LogP contribution >= 0.6 is 12.4 Å². The predicted octanol–water partition coefficient (Wildman–Crippen LogP) is 4.17. The molecule has 0 radical (unpaired) electrons. The van der Waals surface area contributed by atoms with Gasteiger partial charge in [-0.2, -0.15) is 0 Å². The van der Waals surface area contributed by atoms with Crippen molar-refractivity contribution in [2.24, 2.45) is 51.3 Å². The van der Waals surface area contributed by atoms with Gasteiger partial charge < -0.3 is 10.6 Å². The largest absolute Gasteiger partial charge is 0.395 e. The van der Waals surface area contributed by atoms with Gasteiger partial charge in [0.05, 0.1) is 0 Å². The Morgan fingerprint density at radius 3 is 2.72 bits per heavy atom. The smallest absolute Gasteiger partial charge is 0.139 e. The highest BCUT2D eigenvalue weighted by atomic mass is 35.5. The third-order valence-corrected chi connectivity index (χ3v) is 9.07. The van der Waals surface area contributed by atoms with E-state index in [-0.39, 0.29) is 29.2 Å². The maximum atomic E-state index is 13.3. The number of nitrogens with two attached hydrogens (primary N) is 1. The van der Waals surface area contributed by atoms with E-state index >= 15 is 0 Å². The molecule has 29 heavy (non-hydrogen) atoms. The average Bonchev–Trinajstić information content (AvgIpc) is 2.98. The number of rotatable bonds is 5. The Morgan fingerprint density at radius 2 is 1.97 bits per heavy atom. The highest BCUT2D eigenvalue weighted by Crippen LogP contribution is 2.65. The zero-order valence-electron chi connectivity index (χ0n) is 17.9. The lowest BCUT2D eigenvalue weighted by molar-refractivity contribution is -0.157. The summed E-state index contributed by atoms with van der Waals surface area (Å²) in [6.45, 7) is 5.50. The normalized spacial score (nSPS) is 44.0. The lowest BCUT2D eigenvalue weighted by Crippen LogP contribution is -2.56. The molecular formula is C23H37ClN2O3. The quantitative estimate of drug-likeness (QED) is 0.408. The van der Waals surface area contributed by atoms with Gasteiger partial charge in [-0.05, 0) is 74.0 Å². The number of hydrogen-bond donors (Lipinski definition) is 1. The van der Waals surface area contributed by atoms with Crippen LogP contribution in [0.4, 0.5) is 0 Å². The summed E-state index contributed by atoms with van der Waals surface area (Å²) in [5.74, 6) is 3.11. The number of carbonyl (C=O) groups excluding carboxylic acids is 2. The number of oxime groups is 1. The van der Waals surface area contributed by atoms with Crippen molar-refractivity contribution in [3.05, 3.63) is 0 Å².